The number of aromatic nitrogens is 2. The highest BCUT2D eigenvalue weighted by Crippen LogP contribution is 1.93. The molecular weight excluding hydrogens is 172 g/mol. The van der Waals surface area contributed by atoms with Gasteiger partial charge in [-0.2, -0.15) is 0 Å². The topological polar surface area (TPSA) is 17.8 Å². The lowest BCUT2D eigenvalue weighted by molar-refractivity contribution is 0.892. The second-order valence-corrected chi connectivity index (χ2v) is 2.83. The van der Waals surface area contributed by atoms with Crippen LogP contribution in [0.5, 0.6) is 0 Å². The molecule has 0 radical (unpaired) electrons. The van der Waals surface area contributed by atoms with E-state index in [2.05, 4.69) is 16.8 Å². The average molecular weight is 183 g/mol. The van der Waals surface area contributed by atoms with E-state index in [1.54, 1.807) is 6.20 Å². The Kier molecular flexibility index (Phi) is 3.69. The molecule has 0 saturated carbocycles. The normalized spacial score (nSPS) is 9.17. The van der Waals surface area contributed by atoms with E-state index in [4.69, 9.17) is 11.6 Å². The largest absolute Gasteiger partial charge is 0.327 e. The number of hydrogen-bond acceptors (Lipinski definition) is 1. The quantitative estimate of drug-likeness (QED) is 0.388. The first-order valence-electron chi connectivity index (χ1n) is 3.86. The Morgan fingerprint density at radius 3 is 3.08 bits per heavy atom. The minimum Gasteiger partial charge on any atom is -0.327 e. The predicted molar refractivity (Wildman–Crippen MR) is 50.0 cm³/mol. The molecule has 1 heterocycles. The van der Waals surface area contributed by atoms with Gasteiger partial charge in [0.2, 0.25) is 0 Å². The number of hydrogen-bond donors (Lipinski definition) is 0. The first-order chi connectivity index (χ1) is 5.84. The fourth-order valence-electron chi connectivity index (χ4n) is 0.783. The maximum Gasteiger partial charge on any atom is 0.185 e. The van der Waals surface area contributed by atoms with Crippen molar-refractivity contribution in [1.29, 1.82) is 0 Å². The fraction of sp³-hybridized carbons (Fsp3) is 0.444. The van der Waals surface area contributed by atoms with E-state index >= 15 is 0 Å². The highest BCUT2D eigenvalue weighted by atomic mass is 35.5. The van der Waals surface area contributed by atoms with Crippen molar-refractivity contribution in [1.82, 2.24) is 9.55 Å². The van der Waals surface area contributed by atoms with Crippen molar-refractivity contribution in [3.63, 3.8) is 0 Å². The Labute approximate surface area is 77.6 Å². The van der Waals surface area contributed by atoms with Gasteiger partial charge < -0.3 is 4.57 Å². The predicted octanol–water partition coefficient (Wildman–Crippen LogP) is 1.79. The van der Waals surface area contributed by atoms with Crippen LogP contribution in [-0.2, 0) is 7.05 Å². The maximum atomic E-state index is 5.50. The first-order valence-corrected chi connectivity index (χ1v) is 4.40. The number of unbranched alkanes of at least 4 members (excludes halogenated alkanes) is 1. The summed E-state index contributed by atoms with van der Waals surface area (Å²) in [6, 6.07) is 0. The van der Waals surface area contributed by atoms with E-state index in [9.17, 15) is 0 Å². The van der Waals surface area contributed by atoms with Gasteiger partial charge in [0.25, 0.3) is 0 Å². The van der Waals surface area contributed by atoms with Gasteiger partial charge in [-0.1, -0.05) is 5.92 Å². The molecule has 1 rings (SSSR count). The Balaban J connectivity index is 2.49. The van der Waals surface area contributed by atoms with Gasteiger partial charge >= 0.3 is 0 Å². The van der Waals surface area contributed by atoms with Gasteiger partial charge in [-0.05, 0) is 12.3 Å². The van der Waals surface area contributed by atoms with Gasteiger partial charge in [0, 0.05) is 31.7 Å². The lowest BCUT2D eigenvalue weighted by Crippen LogP contribution is -1.90. The van der Waals surface area contributed by atoms with Crippen LogP contribution in [0.3, 0.4) is 0 Å². The number of nitrogens with zero attached hydrogens (tertiary/aromatic N) is 2. The Hall–Kier alpha value is -0.940. The molecule has 64 valence electrons. The van der Waals surface area contributed by atoms with Gasteiger partial charge in [-0.3, -0.25) is 0 Å². The van der Waals surface area contributed by atoms with Crippen molar-refractivity contribution in [3.05, 3.63) is 18.2 Å². The van der Waals surface area contributed by atoms with Crippen molar-refractivity contribution >= 4 is 11.6 Å². The number of rotatable bonds is 2. The van der Waals surface area contributed by atoms with Gasteiger partial charge in [0.15, 0.2) is 5.82 Å². The van der Waals surface area contributed by atoms with Crippen LogP contribution in [0.1, 0.15) is 18.7 Å². The van der Waals surface area contributed by atoms with Crippen molar-refractivity contribution in [2.45, 2.75) is 12.8 Å². The summed E-state index contributed by atoms with van der Waals surface area (Å²) in [5, 5.41) is 0. The summed E-state index contributed by atoms with van der Waals surface area (Å²) in [6.45, 7) is 0. The molecule has 1 aromatic heterocycles. The summed E-state index contributed by atoms with van der Waals surface area (Å²) in [5.41, 5.74) is 0. The summed E-state index contributed by atoms with van der Waals surface area (Å²) in [5.74, 6) is 7.47. The monoisotopic (exact) mass is 182 g/mol. The molecule has 0 unspecified atom stereocenters. The van der Waals surface area contributed by atoms with Crippen LogP contribution in [0.4, 0.5) is 0 Å². The zero-order valence-corrected chi connectivity index (χ0v) is 7.80. The third-order valence-electron chi connectivity index (χ3n) is 1.46. The molecule has 0 amide bonds. The zero-order chi connectivity index (χ0) is 8.81. The highest BCUT2D eigenvalue weighted by Gasteiger charge is 1.90. The summed E-state index contributed by atoms with van der Waals surface area (Å²) in [6.07, 6.45) is 5.41. The van der Waals surface area contributed by atoms with Crippen molar-refractivity contribution < 1.29 is 0 Å². The van der Waals surface area contributed by atoms with Gasteiger partial charge in [0.05, 0.1) is 0 Å². The van der Waals surface area contributed by atoms with Crippen molar-refractivity contribution in [3.8, 4) is 11.8 Å². The molecule has 0 fully saturated rings. The van der Waals surface area contributed by atoms with Gasteiger partial charge in [0.1, 0.15) is 0 Å². The van der Waals surface area contributed by atoms with E-state index in [-0.39, 0.29) is 0 Å². The number of aryl methyl sites for hydroxylation is 1. The summed E-state index contributed by atoms with van der Waals surface area (Å²) in [4.78, 5) is 4.07. The van der Waals surface area contributed by atoms with Crippen LogP contribution in [-0.4, -0.2) is 15.4 Å². The smallest absolute Gasteiger partial charge is 0.185 e. The van der Waals surface area contributed by atoms with Crippen LogP contribution in [0.2, 0.25) is 0 Å². The molecule has 1 aromatic rings. The lowest BCUT2D eigenvalue weighted by Gasteiger charge is -1.89. The number of imidazole rings is 1. The molecule has 0 atom stereocenters. The van der Waals surface area contributed by atoms with E-state index in [1.165, 1.54) is 0 Å². The molecule has 0 spiro atoms. The summed E-state index contributed by atoms with van der Waals surface area (Å²) in [7, 11) is 1.93. The second kappa shape index (κ2) is 4.84. The van der Waals surface area contributed by atoms with Crippen LogP contribution < -0.4 is 0 Å². The number of halogens is 1. The standard InChI is InChI=1S/C9H11ClN2/c1-12-8-7-11-9(12)5-3-2-4-6-10/h7-8H,2,4,6H2,1H3. The van der Waals surface area contributed by atoms with Crippen LogP contribution in [0.15, 0.2) is 12.4 Å². The molecule has 0 saturated heterocycles. The van der Waals surface area contributed by atoms with E-state index in [0.717, 1.165) is 18.7 Å². The minimum atomic E-state index is 0.676. The lowest BCUT2D eigenvalue weighted by atomic mass is 10.3. The fourth-order valence-corrected chi connectivity index (χ4v) is 0.916. The number of alkyl halides is 1. The molecule has 2 nitrogen and oxygen atoms in total. The molecule has 0 aliphatic carbocycles. The Morgan fingerprint density at radius 1 is 1.67 bits per heavy atom. The van der Waals surface area contributed by atoms with Crippen LogP contribution in [0, 0.1) is 11.8 Å². The maximum absolute atomic E-state index is 5.50. The molecule has 0 N–H and O–H groups in total. The molecule has 0 bridgehead atoms. The van der Waals surface area contributed by atoms with Crippen LogP contribution in [0.25, 0.3) is 0 Å². The molecule has 3 heteroatoms. The Morgan fingerprint density at radius 2 is 2.50 bits per heavy atom. The minimum absolute atomic E-state index is 0.676. The molecule has 0 aliphatic rings. The third-order valence-corrected chi connectivity index (χ3v) is 1.72. The highest BCUT2D eigenvalue weighted by molar-refractivity contribution is 6.17. The summed E-state index contributed by atoms with van der Waals surface area (Å²) < 4.78 is 1.90. The molecular formula is C9H11ClN2. The molecule has 12 heavy (non-hydrogen) atoms. The Bertz CT molecular complexity index is 293. The third kappa shape index (κ3) is 2.60. The average Bonchev–Trinajstić information content (AvgIpc) is 2.46. The van der Waals surface area contributed by atoms with Crippen molar-refractivity contribution in [2.75, 3.05) is 5.88 Å². The summed E-state index contributed by atoms with van der Waals surface area (Å²) >= 11 is 5.50. The molecule has 0 aromatic carbocycles. The zero-order valence-electron chi connectivity index (χ0n) is 7.05. The first kappa shape index (κ1) is 9.15. The van der Waals surface area contributed by atoms with Gasteiger partial charge in [-0.15, -0.1) is 11.6 Å². The van der Waals surface area contributed by atoms with Gasteiger partial charge in [-0.25, -0.2) is 4.98 Å². The van der Waals surface area contributed by atoms with E-state index < -0.39 is 0 Å². The second-order valence-electron chi connectivity index (χ2n) is 2.46. The SMILES string of the molecule is Cn1ccnc1C#CCCCCl. The molecule has 0 aliphatic heterocycles. The van der Waals surface area contributed by atoms with E-state index in [0.29, 0.717) is 5.88 Å². The van der Waals surface area contributed by atoms with Crippen LogP contribution >= 0.6 is 11.6 Å². The van der Waals surface area contributed by atoms with Crippen molar-refractivity contribution in [2.24, 2.45) is 7.05 Å². The van der Waals surface area contributed by atoms with E-state index in [1.807, 2.05) is 17.8 Å².